The number of nitrogens with one attached hydrogen (secondary N) is 1. The lowest BCUT2D eigenvalue weighted by atomic mass is 10.0. The molecule has 0 saturated carbocycles. The summed E-state index contributed by atoms with van der Waals surface area (Å²) in [6, 6.07) is 14.9. The van der Waals surface area contributed by atoms with Crippen LogP contribution >= 0.6 is 0 Å². The van der Waals surface area contributed by atoms with Gasteiger partial charge in [-0.1, -0.05) is 38.1 Å². The van der Waals surface area contributed by atoms with E-state index < -0.39 is 6.04 Å². The predicted octanol–water partition coefficient (Wildman–Crippen LogP) is 4.11. The highest BCUT2D eigenvalue weighted by molar-refractivity contribution is 6.05. The molecule has 0 bridgehead atoms. The predicted molar refractivity (Wildman–Crippen MR) is 121 cm³/mol. The number of anilines is 2. The van der Waals surface area contributed by atoms with Crippen LogP contribution in [0, 0.1) is 0 Å². The summed E-state index contributed by atoms with van der Waals surface area (Å²) in [5, 5.41) is 2.93. The van der Waals surface area contributed by atoms with E-state index in [0.29, 0.717) is 31.4 Å². The number of benzene rings is 2. The summed E-state index contributed by atoms with van der Waals surface area (Å²) in [6.45, 7) is 5.32. The Hall–Kier alpha value is -3.19. The van der Waals surface area contributed by atoms with Gasteiger partial charge in [-0.05, 0) is 42.2 Å². The van der Waals surface area contributed by atoms with Crippen LogP contribution in [0.3, 0.4) is 0 Å². The summed E-state index contributed by atoms with van der Waals surface area (Å²) in [7, 11) is 1.64. The minimum Gasteiger partial charge on any atom is -0.385 e. The van der Waals surface area contributed by atoms with Gasteiger partial charge in [0.15, 0.2) is 0 Å². The molecule has 2 amide bonds. The first-order chi connectivity index (χ1) is 15.0. The van der Waals surface area contributed by atoms with E-state index in [2.05, 4.69) is 24.1 Å². The highest BCUT2D eigenvalue weighted by atomic mass is 16.5. The average molecular weight is 421 g/mol. The molecular weight excluding hydrogens is 392 g/mol. The van der Waals surface area contributed by atoms with E-state index in [9.17, 15) is 9.59 Å². The van der Waals surface area contributed by atoms with Gasteiger partial charge >= 0.3 is 0 Å². The molecule has 1 aliphatic heterocycles. The first-order valence-electron chi connectivity index (χ1n) is 10.7. The van der Waals surface area contributed by atoms with Gasteiger partial charge in [-0.3, -0.25) is 19.1 Å². The van der Waals surface area contributed by atoms with Crippen LogP contribution in [-0.2, 0) is 14.3 Å². The van der Waals surface area contributed by atoms with Crippen molar-refractivity contribution in [2.24, 2.45) is 0 Å². The third-order valence-corrected chi connectivity index (χ3v) is 5.65. The standard InChI is InChI=1S/C24H28N4O3/c1-16(2)17-9-11-18(12-10-17)25-22(29)15-21-23(30)27(13-6-14-31-3)24-26-19-7-4-5-8-20(19)28(21)24/h4-5,7-12,16,21H,6,13-15H2,1-3H3,(H,25,29)/t21-/m0/s1. The zero-order valence-corrected chi connectivity index (χ0v) is 18.2. The van der Waals surface area contributed by atoms with Gasteiger partial charge in [0.05, 0.1) is 17.5 Å². The van der Waals surface area contributed by atoms with Gasteiger partial charge in [0.25, 0.3) is 5.91 Å². The van der Waals surface area contributed by atoms with Crippen LogP contribution in [0.15, 0.2) is 48.5 Å². The third kappa shape index (κ3) is 4.18. The van der Waals surface area contributed by atoms with Gasteiger partial charge in [-0.15, -0.1) is 0 Å². The molecule has 7 heteroatoms. The third-order valence-electron chi connectivity index (χ3n) is 5.65. The fraction of sp³-hybridized carbons (Fsp3) is 0.375. The number of carbonyl (C=O) groups is 2. The van der Waals surface area contributed by atoms with E-state index in [4.69, 9.17) is 4.74 Å². The molecular formula is C24H28N4O3. The molecule has 2 aromatic carbocycles. The Morgan fingerprint density at radius 3 is 2.61 bits per heavy atom. The Kier molecular flexibility index (Phi) is 6.04. The number of ether oxygens (including phenoxy) is 1. The molecule has 0 spiro atoms. The van der Waals surface area contributed by atoms with Gasteiger partial charge in [-0.25, -0.2) is 4.98 Å². The maximum atomic E-state index is 13.2. The number of aromatic nitrogens is 2. The second-order valence-corrected chi connectivity index (χ2v) is 8.15. The fourth-order valence-electron chi connectivity index (χ4n) is 4.01. The maximum absolute atomic E-state index is 13.2. The Morgan fingerprint density at radius 1 is 1.16 bits per heavy atom. The summed E-state index contributed by atoms with van der Waals surface area (Å²) in [5.41, 5.74) is 3.62. The van der Waals surface area contributed by atoms with Crippen LogP contribution < -0.4 is 10.2 Å². The molecule has 162 valence electrons. The van der Waals surface area contributed by atoms with Crippen molar-refractivity contribution in [2.45, 2.75) is 38.6 Å². The Labute approximate surface area is 182 Å². The molecule has 2 heterocycles. The summed E-state index contributed by atoms with van der Waals surface area (Å²) in [4.78, 5) is 32.4. The number of carbonyl (C=O) groups excluding carboxylic acids is 2. The molecule has 1 N–H and O–H groups in total. The second kappa shape index (κ2) is 8.89. The van der Waals surface area contributed by atoms with Crippen LogP contribution in [0.5, 0.6) is 0 Å². The number of methoxy groups -OCH3 is 1. The van der Waals surface area contributed by atoms with Crippen molar-refractivity contribution < 1.29 is 14.3 Å². The number of para-hydroxylation sites is 2. The van der Waals surface area contributed by atoms with Crippen molar-refractivity contribution in [3.05, 3.63) is 54.1 Å². The minimum absolute atomic E-state index is 0.0545. The number of hydrogen-bond donors (Lipinski definition) is 1. The molecule has 0 radical (unpaired) electrons. The van der Waals surface area contributed by atoms with Crippen LogP contribution in [0.4, 0.5) is 11.6 Å². The zero-order valence-electron chi connectivity index (χ0n) is 18.2. The van der Waals surface area contributed by atoms with Crippen LogP contribution in [0.1, 0.15) is 44.2 Å². The van der Waals surface area contributed by atoms with Crippen LogP contribution in [0.2, 0.25) is 0 Å². The van der Waals surface area contributed by atoms with E-state index in [1.54, 1.807) is 12.0 Å². The molecule has 0 fully saturated rings. The summed E-state index contributed by atoms with van der Waals surface area (Å²) in [6.07, 6.45) is 0.755. The normalized spacial score (nSPS) is 15.7. The molecule has 4 rings (SSSR count). The lowest BCUT2D eigenvalue weighted by Crippen LogP contribution is -2.32. The average Bonchev–Trinajstić information content (AvgIpc) is 3.24. The van der Waals surface area contributed by atoms with Crippen molar-refractivity contribution in [3.63, 3.8) is 0 Å². The summed E-state index contributed by atoms with van der Waals surface area (Å²) < 4.78 is 7.03. The van der Waals surface area contributed by atoms with E-state index >= 15 is 0 Å². The number of fused-ring (bicyclic) bond motifs is 3. The van der Waals surface area contributed by atoms with Gasteiger partial charge in [-0.2, -0.15) is 0 Å². The van der Waals surface area contributed by atoms with Crippen molar-refractivity contribution in [3.8, 4) is 0 Å². The second-order valence-electron chi connectivity index (χ2n) is 8.15. The molecule has 0 saturated heterocycles. The van der Waals surface area contributed by atoms with Crippen molar-refractivity contribution in [2.75, 3.05) is 30.5 Å². The SMILES string of the molecule is COCCCN1C(=O)[C@H](CC(=O)Nc2ccc(C(C)C)cc2)n2c1nc1ccccc12. The number of rotatable bonds is 8. The van der Waals surface area contributed by atoms with Gasteiger partial charge < -0.3 is 10.1 Å². The highest BCUT2D eigenvalue weighted by Crippen LogP contribution is 2.36. The minimum atomic E-state index is -0.611. The van der Waals surface area contributed by atoms with E-state index in [0.717, 1.165) is 16.7 Å². The largest absolute Gasteiger partial charge is 0.385 e. The number of imidazole rings is 1. The lowest BCUT2D eigenvalue weighted by Gasteiger charge is -2.16. The highest BCUT2D eigenvalue weighted by Gasteiger charge is 2.40. The monoisotopic (exact) mass is 420 g/mol. The maximum Gasteiger partial charge on any atom is 0.253 e. The molecule has 3 aromatic rings. The fourth-order valence-corrected chi connectivity index (χ4v) is 4.01. The van der Waals surface area contributed by atoms with E-state index in [1.165, 1.54) is 5.56 Å². The lowest BCUT2D eigenvalue weighted by molar-refractivity contribution is -0.124. The first-order valence-corrected chi connectivity index (χ1v) is 10.7. The van der Waals surface area contributed by atoms with Crippen molar-refractivity contribution >= 4 is 34.5 Å². The molecule has 1 atom stereocenters. The van der Waals surface area contributed by atoms with Gasteiger partial charge in [0.2, 0.25) is 11.9 Å². The van der Waals surface area contributed by atoms with Crippen LogP contribution in [0.25, 0.3) is 11.0 Å². The first kappa shape index (κ1) is 21.1. The van der Waals surface area contributed by atoms with Gasteiger partial charge in [0, 0.05) is 25.9 Å². The number of nitrogens with zero attached hydrogens (tertiary/aromatic N) is 3. The molecule has 7 nitrogen and oxygen atoms in total. The number of amides is 2. The molecule has 31 heavy (non-hydrogen) atoms. The molecule has 1 aromatic heterocycles. The molecule has 1 aliphatic rings. The van der Waals surface area contributed by atoms with E-state index in [-0.39, 0.29) is 18.2 Å². The Balaban J connectivity index is 1.56. The summed E-state index contributed by atoms with van der Waals surface area (Å²) >= 11 is 0. The smallest absolute Gasteiger partial charge is 0.253 e. The number of hydrogen-bond acceptors (Lipinski definition) is 4. The van der Waals surface area contributed by atoms with E-state index in [1.807, 2.05) is 53.1 Å². The summed E-state index contributed by atoms with van der Waals surface area (Å²) in [5.74, 6) is 0.729. The topological polar surface area (TPSA) is 76.5 Å². The van der Waals surface area contributed by atoms with Crippen molar-refractivity contribution in [1.29, 1.82) is 0 Å². The van der Waals surface area contributed by atoms with Crippen molar-refractivity contribution in [1.82, 2.24) is 9.55 Å². The Morgan fingerprint density at radius 2 is 1.90 bits per heavy atom. The van der Waals surface area contributed by atoms with Crippen LogP contribution in [-0.4, -0.2) is 41.6 Å². The molecule has 0 aliphatic carbocycles. The van der Waals surface area contributed by atoms with Gasteiger partial charge in [0.1, 0.15) is 6.04 Å². The molecule has 0 unspecified atom stereocenters. The Bertz CT molecular complexity index is 1090. The quantitative estimate of drug-likeness (QED) is 0.557. The zero-order chi connectivity index (χ0) is 22.0.